The summed E-state index contributed by atoms with van der Waals surface area (Å²) in [7, 11) is 3.37. The van der Waals surface area contributed by atoms with Crippen LogP contribution in [-0.4, -0.2) is 20.3 Å². The Morgan fingerprint density at radius 1 is 1.16 bits per heavy atom. The lowest BCUT2D eigenvalue weighted by Gasteiger charge is -2.15. The molecule has 1 rings (SSSR count). The van der Waals surface area contributed by atoms with Gasteiger partial charge in [0.1, 0.15) is 11.5 Å². The van der Waals surface area contributed by atoms with E-state index in [4.69, 9.17) is 9.47 Å². The van der Waals surface area contributed by atoms with Gasteiger partial charge in [-0.3, -0.25) is 0 Å². The van der Waals surface area contributed by atoms with Crippen molar-refractivity contribution in [2.75, 3.05) is 14.2 Å². The van der Waals surface area contributed by atoms with Gasteiger partial charge in [0.2, 0.25) is 0 Å². The number of unbranched alkanes of at least 4 members (excludes halogenated alkanes) is 2. The Labute approximate surface area is 117 Å². The minimum absolute atomic E-state index is 0.540. The lowest BCUT2D eigenvalue weighted by molar-refractivity contribution is 0.388. The van der Waals surface area contributed by atoms with Gasteiger partial charge < -0.3 is 14.8 Å². The van der Waals surface area contributed by atoms with Crippen molar-refractivity contribution in [2.45, 2.75) is 52.1 Å². The normalized spacial score (nSPS) is 12.2. The van der Waals surface area contributed by atoms with Crippen molar-refractivity contribution < 1.29 is 9.47 Å². The minimum atomic E-state index is 0.540. The lowest BCUT2D eigenvalue weighted by Crippen LogP contribution is -2.25. The highest BCUT2D eigenvalue weighted by molar-refractivity contribution is 5.40. The summed E-state index contributed by atoms with van der Waals surface area (Å²) in [6.45, 7) is 5.31. The van der Waals surface area contributed by atoms with E-state index in [1.54, 1.807) is 14.2 Å². The molecule has 0 saturated carbocycles. The number of hydrogen-bond acceptors (Lipinski definition) is 3. The van der Waals surface area contributed by atoms with Gasteiger partial charge in [-0.2, -0.15) is 0 Å². The molecular formula is C16H27NO2. The van der Waals surface area contributed by atoms with Crippen LogP contribution in [0.3, 0.4) is 0 Å². The molecule has 3 heteroatoms. The molecule has 1 unspecified atom stereocenters. The Kier molecular flexibility index (Phi) is 7.34. The second kappa shape index (κ2) is 8.81. The molecule has 0 spiro atoms. The number of ether oxygens (including phenoxy) is 2. The van der Waals surface area contributed by atoms with Crippen LogP contribution in [0.2, 0.25) is 0 Å². The molecule has 1 aromatic carbocycles. The average Bonchev–Trinajstić information content (AvgIpc) is 2.45. The highest BCUT2D eigenvalue weighted by Gasteiger charge is 2.07. The summed E-state index contributed by atoms with van der Waals surface area (Å²) >= 11 is 0. The predicted octanol–water partition coefficient (Wildman–Crippen LogP) is 3.76. The number of rotatable bonds is 9. The summed E-state index contributed by atoms with van der Waals surface area (Å²) in [5, 5.41) is 3.55. The maximum Gasteiger partial charge on any atom is 0.127 e. The molecule has 1 atom stereocenters. The Morgan fingerprint density at radius 2 is 1.95 bits per heavy atom. The molecule has 1 N–H and O–H groups in total. The monoisotopic (exact) mass is 265 g/mol. The zero-order chi connectivity index (χ0) is 14.1. The minimum Gasteiger partial charge on any atom is -0.497 e. The topological polar surface area (TPSA) is 30.5 Å². The molecule has 0 aliphatic rings. The molecule has 0 aromatic heterocycles. The molecule has 0 aliphatic heterocycles. The van der Waals surface area contributed by atoms with Crippen LogP contribution in [0.15, 0.2) is 18.2 Å². The number of methoxy groups -OCH3 is 2. The fourth-order valence-electron chi connectivity index (χ4n) is 2.08. The fourth-order valence-corrected chi connectivity index (χ4v) is 2.08. The van der Waals surface area contributed by atoms with Crippen LogP contribution in [0.4, 0.5) is 0 Å². The van der Waals surface area contributed by atoms with Crippen LogP contribution in [0.25, 0.3) is 0 Å². The summed E-state index contributed by atoms with van der Waals surface area (Å²) in [5.41, 5.74) is 1.17. The first-order valence-corrected chi connectivity index (χ1v) is 7.15. The molecular weight excluding hydrogens is 238 g/mol. The van der Waals surface area contributed by atoms with E-state index in [9.17, 15) is 0 Å². The van der Waals surface area contributed by atoms with Crippen molar-refractivity contribution in [1.29, 1.82) is 0 Å². The molecule has 0 bridgehead atoms. The molecule has 1 aromatic rings. The van der Waals surface area contributed by atoms with Crippen LogP contribution in [0.1, 0.15) is 45.1 Å². The van der Waals surface area contributed by atoms with Crippen molar-refractivity contribution in [3.8, 4) is 11.5 Å². The van der Waals surface area contributed by atoms with Crippen molar-refractivity contribution in [3.63, 3.8) is 0 Å². The van der Waals surface area contributed by atoms with Gasteiger partial charge in [0.25, 0.3) is 0 Å². The van der Waals surface area contributed by atoms with E-state index in [1.807, 2.05) is 12.1 Å². The van der Waals surface area contributed by atoms with Gasteiger partial charge in [0.05, 0.1) is 14.2 Å². The first-order valence-electron chi connectivity index (χ1n) is 7.15. The van der Waals surface area contributed by atoms with Crippen molar-refractivity contribution in [2.24, 2.45) is 0 Å². The molecule has 108 valence electrons. The number of nitrogens with one attached hydrogen (secondary N) is 1. The van der Waals surface area contributed by atoms with Crippen LogP contribution < -0.4 is 14.8 Å². The van der Waals surface area contributed by atoms with E-state index in [-0.39, 0.29) is 0 Å². The summed E-state index contributed by atoms with van der Waals surface area (Å²) in [6, 6.07) is 6.50. The zero-order valence-corrected chi connectivity index (χ0v) is 12.7. The van der Waals surface area contributed by atoms with Crippen molar-refractivity contribution >= 4 is 0 Å². The Morgan fingerprint density at radius 3 is 2.58 bits per heavy atom. The largest absolute Gasteiger partial charge is 0.497 e. The van der Waals surface area contributed by atoms with E-state index >= 15 is 0 Å². The third kappa shape index (κ3) is 5.52. The van der Waals surface area contributed by atoms with Crippen molar-refractivity contribution in [3.05, 3.63) is 23.8 Å². The first-order chi connectivity index (χ1) is 9.21. The van der Waals surface area contributed by atoms with Gasteiger partial charge in [-0.15, -0.1) is 0 Å². The third-order valence-electron chi connectivity index (χ3n) is 3.38. The molecule has 0 heterocycles. The van der Waals surface area contributed by atoms with Gasteiger partial charge in [0, 0.05) is 24.2 Å². The standard InChI is InChI=1S/C16H27NO2/c1-5-6-7-8-13(2)17-12-14-9-10-15(18-3)11-16(14)19-4/h9-11,13,17H,5-8,12H2,1-4H3. The van der Waals surface area contributed by atoms with Gasteiger partial charge in [-0.1, -0.05) is 32.3 Å². The van der Waals surface area contributed by atoms with E-state index in [0.717, 1.165) is 18.0 Å². The van der Waals surface area contributed by atoms with E-state index < -0.39 is 0 Å². The Bertz CT molecular complexity index is 366. The molecule has 0 amide bonds. The molecule has 19 heavy (non-hydrogen) atoms. The summed E-state index contributed by atoms with van der Waals surface area (Å²) in [5.74, 6) is 1.71. The Balaban J connectivity index is 2.47. The van der Waals surface area contributed by atoms with E-state index in [2.05, 4.69) is 25.2 Å². The molecule has 0 fully saturated rings. The van der Waals surface area contributed by atoms with Crippen LogP contribution >= 0.6 is 0 Å². The van der Waals surface area contributed by atoms with E-state index in [0.29, 0.717) is 6.04 Å². The molecule has 3 nitrogen and oxygen atoms in total. The van der Waals surface area contributed by atoms with Gasteiger partial charge in [-0.05, 0) is 19.4 Å². The lowest BCUT2D eigenvalue weighted by atomic mass is 10.1. The Hall–Kier alpha value is -1.22. The maximum absolute atomic E-state index is 5.40. The molecule has 0 radical (unpaired) electrons. The summed E-state index contributed by atoms with van der Waals surface area (Å²) < 4.78 is 10.6. The average molecular weight is 265 g/mol. The van der Waals surface area contributed by atoms with Crippen molar-refractivity contribution in [1.82, 2.24) is 5.32 Å². The van der Waals surface area contributed by atoms with Crippen LogP contribution in [0.5, 0.6) is 11.5 Å². The fraction of sp³-hybridized carbons (Fsp3) is 0.625. The first kappa shape index (κ1) is 15.8. The summed E-state index contributed by atoms with van der Waals surface area (Å²) in [6.07, 6.45) is 5.12. The highest BCUT2D eigenvalue weighted by atomic mass is 16.5. The van der Waals surface area contributed by atoms with Crippen LogP contribution in [-0.2, 0) is 6.54 Å². The molecule has 0 saturated heterocycles. The van der Waals surface area contributed by atoms with Gasteiger partial charge in [0.15, 0.2) is 0 Å². The second-order valence-corrected chi connectivity index (χ2v) is 4.96. The number of benzene rings is 1. The zero-order valence-electron chi connectivity index (χ0n) is 12.7. The van der Waals surface area contributed by atoms with Gasteiger partial charge in [-0.25, -0.2) is 0 Å². The third-order valence-corrected chi connectivity index (χ3v) is 3.38. The van der Waals surface area contributed by atoms with Crippen LogP contribution in [0, 0.1) is 0 Å². The molecule has 0 aliphatic carbocycles. The second-order valence-electron chi connectivity index (χ2n) is 4.96. The number of hydrogen-bond donors (Lipinski definition) is 1. The SMILES string of the molecule is CCCCCC(C)NCc1ccc(OC)cc1OC. The van der Waals surface area contributed by atoms with E-state index in [1.165, 1.54) is 31.2 Å². The smallest absolute Gasteiger partial charge is 0.127 e. The maximum atomic E-state index is 5.40. The quantitative estimate of drug-likeness (QED) is 0.690. The summed E-state index contributed by atoms with van der Waals surface area (Å²) in [4.78, 5) is 0. The van der Waals surface area contributed by atoms with Gasteiger partial charge >= 0.3 is 0 Å². The highest BCUT2D eigenvalue weighted by Crippen LogP contribution is 2.24. The predicted molar refractivity (Wildman–Crippen MR) is 80.0 cm³/mol.